The van der Waals surface area contributed by atoms with Gasteiger partial charge in [-0.1, -0.05) is 18.2 Å². The fraction of sp³-hybridized carbons (Fsp3) is 0.500. The summed E-state index contributed by atoms with van der Waals surface area (Å²) in [5.74, 6) is 2.51. The molecular weight excluding hydrogens is 443 g/mol. The van der Waals surface area contributed by atoms with Crippen LogP contribution in [0.3, 0.4) is 0 Å². The number of rotatable bonds is 8. The van der Waals surface area contributed by atoms with E-state index in [0.717, 1.165) is 36.2 Å². The molecule has 0 fully saturated rings. The molecule has 0 amide bonds. The maximum Gasteiger partial charge on any atom is 0.191 e. The van der Waals surface area contributed by atoms with Crippen LogP contribution in [0.1, 0.15) is 32.2 Å². The van der Waals surface area contributed by atoms with Crippen LogP contribution in [0.5, 0.6) is 5.75 Å². The molecule has 8 heteroatoms. The molecule has 2 rings (SSSR count). The number of aromatic nitrogens is 3. The number of benzene rings is 1. The van der Waals surface area contributed by atoms with Crippen LogP contribution in [0.2, 0.25) is 0 Å². The molecule has 1 unspecified atom stereocenters. The highest BCUT2D eigenvalue weighted by Gasteiger charge is 2.08. The van der Waals surface area contributed by atoms with E-state index in [4.69, 9.17) is 4.74 Å². The SMILES string of the molecule is CCNC(=NCc1nncn1CC)NCC(C)Oc1ccccc1C.I. The van der Waals surface area contributed by atoms with Crippen molar-refractivity contribution in [3.05, 3.63) is 42.0 Å². The van der Waals surface area contributed by atoms with Crippen molar-refractivity contribution in [1.82, 2.24) is 25.4 Å². The highest BCUT2D eigenvalue weighted by atomic mass is 127. The number of halogens is 1. The van der Waals surface area contributed by atoms with Gasteiger partial charge in [0, 0.05) is 13.1 Å². The van der Waals surface area contributed by atoms with Crippen molar-refractivity contribution >= 4 is 29.9 Å². The molecule has 0 aliphatic heterocycles. The van der Waals surface area contributed by atoms with Crippen LogP contribution in [0.15, 0.2) is 35.6 Å². The standard InChI is InChI=1S/C18H28N6O.HI/c1-5-19-18(21-12-17-23-22-13-24(17)6-2)20-11-15(4)25-16-10-8-7-9-14(16)3;/h7-10,13,15H,5-6,11-12H2,1-4H3,(H2,19,20,21);1H. The largest absolute Gasteiger partial charge is 0.489 e. The first-order chi connectivity index (χ1) is 12.1. The van der Waals surface area contributed by atoms with Gasteiger partial charge in [-0.25, -0.2) is 4.99 Å². The average Bonchev–Trinajstić information content (AvgIpc) is 3.07. The maximum atomic E-state index is 5.99. The summed E-state index contributed by atoms with van der Waals surface area (Å²) in [7, 11) is 0. The van der Waals surface area contributed by atoms with Crippen molar-refractivity contribution in [1.29, 1.82) is 0 Å². The quantitative estimate of drug-likeness (QED) is 0.351. The van der Waals surface area contributed by atoms with Crippen molar-refractivity contribution in [2.24, 2.45) is 4.99 Å². The van der Waals surface area contributed by atoms with Gasteiger partial charge in [0.05, 0.1) is 6.54 Å². The van der Waals surface area contributed by atoms with Crippen LogP contribution in [0, 0.1) is 6.92 Å². The number of guanidine groups is 1. The molecule has 2 aromatic rings. The molecule has 0 radical (unpaired) electrons. The smallest absolute Gasteiger partial charge is 0.191 e. The fourth-order valence-corrected chi connectivity index (χ4v) is 2.34. The van der Waals surface area contributed by atoms with Crippen LogP contribution in [-0.4, -0.2) is 39.9 Å². The van der Waals surface area contributed by atoms with Gasteiger partial charge in [-0.3, -0.25) is 0 Å². The highest BCUT2D eigenvalue weighted by Crippen LogP contribution is 2.17. The minimum absolute atomic E-state index is 0. The summed E-state index contributed by atoms with van der Waals surface area (Å²) in [4.78, 5) is 4.58. The van der Waals surface area contributed by atoms with Gasteiger partial charge in [-0.2, -0.15) is 0 Å². The van der Waals surface area contributed by atoms with E-state index < -0.39 is 0 Å². The Bertz CT molecular complexity index is 688. The molecule has 1 heterocycles. The third kappa shape index (κ3) is 6.81. The van der Waals surface area contributed by atoms with Gasteiger partial charge in [-0.15, -0.1) is 34.2 Å². The molecule has 1 atom stereocenters. The first kappa shape index (κ1) is 22.2. The predicted molar refractivity (Wildman–Crippen MR) is 115 cm³/mol. The second-order valence-corrected chi connectivity index (χ2v) is 5.80. The van der Waals surface area contributed by atoms with Gasteiger partial charge in [0.2, 0.25) is 0 Å². The van der Waals surface area contributed by atoms with E-state index in [-0.39, 0.29) is 30.1 Å². The van der Waals surface area contributed by atoms with Gasteiger partial charge in [0.15, 0.2) is 11.8 Å². The third-order valence-corrected chi connectivity index (χ3v) is 3.74. The topological polar surface area (TPSA) is 76.4 Å². The summed E-state index contributed by atoms with van der Waals surface area (Å²) >= 11 is 0. The van der Waals surface area contributed by atoms with Crippen molar-refractivity contribution < 1.29 is 4.74 Å². The van der Waals surface area contributed by atoms with E-state index in [2.05, 4.69) is 32.7 Å². The molecule has 0 aliphatic rings. The molecule has 7 nitrogen and oxygen atoms in total. The lowest BCUT2D eigenvalue weighted by Gasteiger charge is -2.18. The fourth-order valence-electron chi connectivity index (χ4n) is 2.34. The zero-order valence-corrected chi connectivity index (χ0v) is 18.2. The Morgan fingerprint density at radius 3 is 2.73 bits per heavy atom. The van der Waals surface area contributed by atoms with Gasteiger partial charge >= 0.3 is 0 Å². The van der Waals surface area contributed by atoms with Crippen LogP contribution < -0.4 is 15.4 Å². The summed E-state index contributed by atoms with van der Waals surface area (Å²) in [6, 6.07) is 8.03. The van der Waals surface area contributed by atoms with E-state index in [9.17, 15) is 0 Å². The first-order valence-electron chi connectivity index (χ1n) is 8.75. The Kier molecular flexibility index (Phi) is 10.0. The van der Waals surface area contributed by atoms with Crippen LogP contribution >= 0.6 is 24.0 Å². The molecule has 0 saturated carbocycles. The summed E-state index contributed by atoms with van der Waals surface area (Å²) < 4.78 is 7.97. The number of aryl methyl sites for hydroxylation is 2. The van der Waals surface area contributed by atoms with E-state index in [1.165, 1.54) is 0 Å². The molecule has 0 aliphatic carbocycles. The van der Waals surface area contributed by atoms with E-state index in [0.29, 0.717) is 13.1 Å². The zero-order chi connectivity index (χ0) is 18.1. The number of nitrogens with zero attached hydrogens (tertiary/aromatic N) is 4. The number of hydrogen-bond acceptors (Lipinski definition) is 4. The lowest BCUT2D eigenvalue weighted by molar-refractivity contribution is 0.222. The van der Waals surface area contributed by atoms with Crippen molar-refractivity contribution in [2.45, 2.75) is 46.9 Å². The minimum Gasteiger partial charge on any atom is -0.489 e. The first-order valence-corrected chi connectivity index (χ1v) is 8.75. The lowest BCUT2D eigenvalue weighted by atomic mass is 10.2. The molecule has 26 heavy (non-hydrogen) atoms. The predicted octanol–water partition coefficient (Wildman–Crippen LogP) is 2.75. The number of para-hydroxylation sites is 1. The molecule has 0 bridgehead atoms. The van der Waals surface area contributed by atoms with Crippen LogP contribution in [0.4, 0.5) is 0 Å². The van der Waals surface area contributed by atoms with Crippen molar-refractivity contribution in [3.63, 3.8) is 0 Å². The molecule has 1 aromatic heterocycles. The number of hydrogen-bond donors (Lipinski definition) is 2. The van der Waals surface area contributed by atoms with Gasteiger partial charge in [0.1, 0.15) is 24.7 Å². The van der Waals surface area contributed by atoms with Crippen LogP contribution in [0.25, 0.3) is 0 Å². The molecule has 2 N–H and O–H groups in total. The molecular formula is C18H29IN6O. The van der Waals surface area contributed by atoms with E-state index in [1.54, 1.807) is 6.33 Å². The molecule has 0 spiro atoms. The van der Waals surface area contributed by atoms with Gasteiger partial charge < -0.3 is 19.9 Å². The number of nitrogens with one attached hydrogen (secondary N) is 2. The third-order valence-electron chi connectivity index (χ3n) is 3.74. The Balaban J connectivity index is 0.00000338. The van der Waals surface area contributed by atoms with E-state index in [1.807, 2.05) is 49.6 Å². The highest BCUT2D eigenvalue weighted by molar-refractivity contribution is 14.0. The Morgan fingerprint density at radius 2 is 2.04 bits per heavy atom. The van der Waals surface area contributed by atoms with Crippen molar-refractivity contribution in [3.8, 4) is 5.75 Å². The number of ether oxygens (including phenoxy) is 1. The Hall–Kier alpha value is -1.84. The van der Waals surface area contributed by atoms with Gasteiger partial charge in [-0.05, 0) is 39.3 Å². The second-order valence-electron chi connectivity index (χ2n) is 5.80. The van der Waals surface area contributed by atoms with Gasteiger partial charge in [0.25, 0.3) is 0 Å². The monoisotopic (exact) mass is 472 g/mol. The summed E-state index contributed by atoms with van der Waals surface area (Å²) in [5.41, 5.74) is 1.13. The summed E-state index contributed by atoms with van der Waals surface area (Å²) in [6.45, 7) is 10.9. The second kappa shape index (κ2) is 11.7. The molecule has 144 valence electrons. The minimum atomic E-state index is 0. The Morgan fingerprint density at radius 1 is 1.27 bits per heavy atom. The zero-order valence-electron chi connectivity index (χ0n) is 15.9. The number of aliphatic imine (C=N–C) groups is 1. The molecule has 1 aromatic carbocycles. The van der Waals surface area contributed by atoms with Crippen LogP contribution in [-0.2, 0) is 13.1 Å². The summed E-state index contributed by atoms with van der Waals surface area (Å²) in [5, 5.41) is 14.6. The Labute approximate surface area is 172 Å². The normalized spacial score (nSPS) is 12.2. The average molecular weight is 472 g/mol. The molecule has 0 saturated heterocycles. The van der Waals surface area contributed by atoms with E-state index >= 15 is 0 Å². The van der Waals surface area contributed by atoms with Crippen molar-refractivity contribution in [2.75, 3.05) is 13.1 Å². The maximum absolute atomic E-state index is 5.99. The lowest BCUT2D eigenvalue weighted by Crippen LogP contribution is -2.41. The summed E-state index contributed by atoms with van der Waals surface area (Å²) in [6.07, 6.45) is 1.74.